The normalized spacial score (nSPS) is 18.5. The average molecular weight is 330 g/mol. The van der Waals surface area contributed by atoms with Crippen LogP contribution in [0.25, 0.3) is 6.08 Å². The molecule has 0 spiro atoms. The Balaban J connectivity index is 2.33. The molecule has 1 unspecified atom stereocenters. The molecule has 5 nitrogen and oxygen atoms in total. The van der Waals surface area contributed by atoms with E-state index < -0.39 is 12.1 Å². The van der Waals surface area contributed by atoms with E-state index in [4.69, 9.17) is 33.0 Å². The second-order valence-electron chi connectivity index (χ2n) is 4.63. The third kappa shape index (κ3) is 3.68. The van der Waals surface area contributed by atoms with Crippen molar-refractivity contribution in [2.75, 3.05) is 13.6 Å². The number of hydrogen-bond donors (Lipinski definition) is 1. The number of likely N-dealkylation sites (N-methyl/N-ethyl adjacent to an activating group) is 1. The van der Waals surface area contributed by atoms with E-state index in [1.54, 1.807) is 11.9 Å². The molecule has 0 saturated carbocycles. The van der Waals surface area contributed by atoms with E-state index in [1.165, 1.54) is 18.2 Å². The number of likely N-dealkylation sites (tertiary alicyclic amines) is 1. The van der Waals surface area contributed by atoms with Gasteiger partial charge < -0.3 is 14.7 Å². The van der Waals surface area contributed by atoms with Crippen molar-refractivity contribution in [2.45, 2.75) is 12.5 Å². The Morgan fingerprint density at radius 3 is 2.76 bits per heavy atom. The molecular formula is C14H13Cl2NO4. The summed E-state index contributed by atoms with van der Waals surface area (Å²) in [4.78, 5) is 24.1. The first-order valence-corrected chi connectivity index (χ1v) is 6.95. The summed E-state index contributed by atoms with van der Waals surface area (Å²) in [5.74, 6) is -0.977. The van der Waals surface area contributed by atoms with Gasteiger partial charge in [-0.3, -0.25) is 4.79 Å². The van der Waals surface area contributed by atoms with Crippen molar-refractivity contribution in [2.24, 2.45) is 0 Å². The fourth-order valence-electron chi connectivity index (χ4n) is 2.03. The van der Waals surface area contributed by atoms with Crippen LogP contribution in [-0.2, 0) is 9.59 Å². The Hall–Kier alpha value is -1.72. The largest absolute Gasteiger partial charge is 0.478 e. The fourth-order valence-corrected chi connectivity index (χ4v) is 2.59. The second-order valence-corrected chi connectivity index (χ2v) is 5.48. The molecule has 1 aliphatic rings. The Morgan fingerprint density at radius 2 is 2.19 bits per heavy atom. The molecule has 1 aromatic carbocycles. The lowest BCUT2D eigenvalue weighted by atomic mass is 10.1. The zero-order chi connectivity index (χ0) is 15.6. The molecule has 1 aliphatic heterocycles. The first-order valence-electron chi connectivity index (χ1n) is 6.20. The molecule has 0 radical (unpaired) electrons. The van der Waals surface area contributed by atoms with Gasteiger partial charge in [-0.1, -0.05) is 23.2 Å². The third-order valence-corrected chi connectivity index (χ3v) is 3.58. The van der Waals surface area contributed by atoms with E-state index in [0.29, 0.717) is 23.6 Å². The Kier molecular flexibility index (Phi) is 4.75. The zero-order valence-electron chi connectivity index (χ0n) is 11.2. The Bertz CT molecular complexity index is 615. The predicted molar refractivity (Wildman–Crippen MR) is 79.8 cm³/mol. The van der Waals surface area contributed by atoms with Crippen molar-refractivity contribution in [3.63, 3.8) is 0 Å². The van der Waals surface area contributed by atoms with Crippen molar-refractivity contribution in [3.05, 3.63) is 33.8 Å². The number of benzene rings is 1. The van der Waals surface area contributed by atoms with E-state index >= 15 is 0 Å². The molecule has 1 amide bonds. The molecule has 1 saturated heterocycles. The highest BCUT2D eigenvalue weighted by Gasteiger charge is 2.31. The number of aliphatic carboxylic acids is 1. The SMILES string of the molecule is CN1CCC(Oc2c(Cl)cc(Cl)cc2C=CC(=O)O)C1=O. The van der Waals surface area contributed by atoms with Crippen LogP contribution >= 0.6 is 23.2 Å². The lowest BCUT2D eigenvalue weighted by Crippen LogP contribution is -2.29. The minimum absolute atomic E-state index is 0.130. The number of ether oxygens (including phenoxy) is 1. The number of rotatable bonds is 4. The highest BCUT2D eigenvalue weighted by Crippen LogP contribution is 2.35. The summed E-state index contributed by atoms with van der Waals surface area (Å²) in [5, 5.41) is 9.30. The van der Waals surface area contributed by atoms with Crippen molar-refractivity contribution < 1.29 is 19.4 Å². The summed E-state index contributed by atoms with van der Waals surface area (Å²) >= 11 is 12.0. The molecule has 1 N–H and O–H groups in total. The van der Waals surface area contributed by atoms with Crippen molar-refractivity contribution in [1.82, 2.24) is 4.90 Å². The molecule has 1 heterocycles. The van der Waals surface area contributed by atoms with Crippen LogP contribution in [0.5, 0.6) is 5.75 Å². The summed E-state index contributed by atoms with van der Waals surface area (Å²) in [6.07, 6.45) is 2.22. The third-order valence-electron chi connectivity index (χ3n) is 3.08. The van der Waals surface area contributed by atoms with Crippen LogP contribution < -0.4 is 4.74 Å². The summed E-state index contributed by atoms with van der Waals surface area (Å²) in [6.45, 7) is 0.606. The van der Waals surface area contributed by atoms with Gasteiger partial charge in [-0.05, 0) is 18.2 Å². The second kappa shape index (κ2) is 6.37. The van der Waals surface area contributed by atoms with E-state index in [0.717, 1.165) is 6.08 Å². The van der Waals surface area contributed by atoms with Gasteiger partial charge in [0.2, 0.25) is 0 Å². The molecule has 1 atom stereocenters. The van der Waals surface area contributed by atoms with Crippen LogP contribution in [-0.4, -0.2) is 41.6 Å². The first-order chi connectivity index (χ1) is 9.88. The summed E-state index contributed by atoms with van der Waals surface area (Å²) in [6, 6.07) is 3.02. The number of carbonyl (C=O) groups excluding carboxylic acids is 1. The molecule has 0 aromatic heterocycles. The molecule has 7 heteroatoms. The number of carboxylic acid groups (broad SMARTS) is 1. The number of halogens is 2. The minimum Gasteiger partial charge on any atom is -0.478 e. The lowest BCUT2D eigenvalue weighted by Gasteiger charge is -2.16. The summed E-state index contributed by atoms with van der Waals surface area (Å²) < 4.78 is 5.68. The van der Waals surface area contributed by atoms with Crippen LogP contribution in [0.1, 0.15) is 12.0 Å². The number of carboxylic acids is 1. The van der Waals surface area contributed by atoms with Gasteiger partial charge in [-0.15, -0.1) is 0 Å². The molecule has 21 heavy (non-hydrogen) atoms. The zero-order valence-corrected chi connectivity index (χ0v) is 12.7. The van der Waals surface area contributed by atoms with Crippen molar-refractivity contribution in [1.29, 1.82) is 0 Å². The number of hydrogen-bond acceptors (Lipinski definition) is 3. The van der Waals surface area contributed by atoms with E-state index in [9.17, 15) is 9.59 Å². The number of nitrogens with zero attached hydrogens (tertiary/aromatic N) is 1. The van der Waals surface area contributed by atoms with Crippen molar-refractivity contribution in [3.8, 4) is 5.75 Å². The highest BCUT2D eigenvalue weighted by atomic mass is 35.5. The first kappa shape index (κ1) is 15.7. The van der Waals surface area contributed by atoms with E-state index in [1.807, 2.05) is 0 Å². The van der Waals surface area contributed by atoms with Gasteiger partial charge in [0.05, 0.1) is 5.02 Å². The maximum atomic E-state index is 11.9. The van der Waals surface area contributed by atoms with Gasteiger partial charge >= 0.3 is 5.97 Å². The van der Waals surface area contributed by atoms with Crippen molar-refractivity contribution >= 4 is 41.2 Å². The standard InChI is InChI=1S/C14H13Cl2NO4/c1-17-5-4-11(14(17)20)21-13-8(2-3-12(18)19)6-9(15)7-10(13)16/h2-3,6-7,11H,4-5H2,1H3,(H,18,19). The van der Waals surface area contributed by atoms with E-state index in [2.05, 4.69) is 0 Å². The predicted octanol–water partition coefficient (Wildman–Crippen LogP) is 2.70. The molecule has 1 fully saturated rings. The summed E-state index contributed by atoms with van der Waals surface area (Å²) in [7, 11) is 1.69. The minimum atomic E-state index is -1.10. The van der Waals surface area contributed by atoms with Gasteiger partial charge in [0, 0.05) is 36.7 Å². The Labute approximate surface area is 131 Å². The smallest absolute Gasteiger partial charge is 0.328 e. The van der Waals surface area contributed by atoms with Crippen LogP contribution in [0.4, 0.5) is 0 Å². The van der Waals surface area contributed by atoms with Gasteiger partial charge in [0.15, 0.2) is 6.10 Å². The Morgan fingerprint density at radius 1 is 1.48 bits per heavy atom. The molecular weight excluding hydrogens is 317 g/mol. The van der Waals surface area contributed by atoms with Crippen LogP contribution in [0.2, 0.25) is 10.0 Å². The molecule has 0 aliphatic carbocycles. The average Bonchev–Trinajstić information content (AvgIpc) is 2.71. The molecule has 2 rings (SSSR count). The molecule has 0 bridgehead atoms. The monoisotopic (exact) mass is 329 g/mol. The fraction of sp³-hybridized carbons (Fsp3) is 0.286. The van der Waals surface area contributed by atoms with Gasteiger partial charge in [-0.25, -0.2) is 4.79 Å². The topological polar surface area (TPSA) is 66.8 Å². The van der Waals surface area contributed by atoms with Crippen LogP contribution in [0.3, 0.4) is 0 Å². The van der Waals surface area contributed by atoms with Gasteiger partial charge in [-0.2, -0.15) is 0 Å². The summed E-state index contributed by atoms with van der Waals surface area (Å²) in [5.41, 5.74) is 0.414. The quantitative estimate of drug-likeness (QED) is 0.862. The lowest BCUT2D eigenvalue weighted by molar-refractivity contribution is -0.132. The van der Waals surface area contributed by atoms with E-state index in [-0.39, 0.29) is 16.7 Å². The highest BCUT2D eigenvalue weighted by molar-refractivity contribution is 6.36. The van der Waals surface area contributed by atoms with Gasteiger partial charge in [0.1, 0.15) is 5.75 Å². The number of amides is 1. The number of carbonyl (C=O) groups is 2. The molecule has 112 valence electrons. The molecule has 1 aromatic rings. The van der Waals surface area contributed by atoms with Crippen LogP contribution in [0, 0.1) is 0 Å². The van der Waals surface area contributed by atoms with Crippen LogP contribution in [0.15, 0.2) is 18.2 Å². The maximum absolute atomic E-state index is 11.9. The van der Waals surface area contributed by atoms with Gasteiger partial charge in [0.25, 0.3) is 5.91 Å². The maximum Gasteiger partial charge on any atom is 0.328 e.